The number of nitrogens with one attached hydrogen (secondary N) is 1. The minimum absolute atomic E-state index is 0.264. The van der Waals surface area contributed by atoms with Crippen LogP contribution in [0.5, 0.6) is 5.75 Å². The lowest BCUT2D eigenvalue weighted by molar-refractivity contribution is 0.0701. The molecule has 0 fully saturated rings. The molecule has 1 aromatic heterocycles. The largest absolute Gasteiger partial charge is 0.492 e. The summed E-state index contributed by atoms with van der Waals surface area (Å²) in [6.07, 6.45) is 0. The molecule has 0 atom stereocenters. The van der Waals surface area contributed by atoms with Crippen molar-refractivity contribution in [1.82, 2.24) is 4.98 Å². The lowest BCUT2D eigenvalue weighted by Crippen LogP contribution is -2.11. The Labute approximate surface area is 149 Å². The van der Waals surface area contributed by atoms with E-state index in [1.54, 1.807) is 6.92 Å². The van der Waals surface area contributed by atoms with Crippen LogP contribution in [0, 0.1) is 6.92 Å². The number of benzene rings is 2. The molecule has 0 aliphatic carbocycles. The van der Waals surface area contributed by atoms with E-state index in [1.807, 2.05) is 42.5 Å². The first-order valence-corrected chi connectivity index (χ1v) is 8.68. The summed E-state index contributed by atoms with van der Waals surface area (Å²) < 4.78 is 5.70. The average Bonchev–Trinajstić information content (AvgIpc) is 3.01. The molecule has 2 aromatic carbocycles. The zero-order chi connectivity index (χ0) is 17.6. The number of hydrogen-bond acceptors (Lipinski definition) is 5. The van der Waals surface area contributed by atoms with E-state index in [9.17, 15) is 4.79 Å². The third-order valence-electron chi connectivity index (χ3n) is 3.60. The Morgan fingerprint density at radius 3 is 2.44 bits per heavy atom. The molecule has 0 aliphatic heterocycles. The van der Waals surface area contributed by atoms with E-state index in [2.05, 4.69) is 22.4 Å². The van der Waals surface area contributed by atoms with E-state index in [1.165, 1.54) is 5.56 Å². The molecule has 25 heavy (non-hydrogen) atoms. The number of carbonyl (C=O) groups is 1. The molecule has 0 amide bonds. The third-order valence-corrected chi connectivity index (χ3v) is 4.70. The average molecular weight is 354 g/mol. The molecular formula is C19H18N2O3S. The van der Waals surface area contributed by atoms with E-state index >= 15 is 0 Å². The fourth-order valence-electron chi connectivity index (χ4n) is 2.37. The fraction of sp³-hybridized carbons (Fsp3) is 0.158. The minimum atomic E-state index is -0.946. The lowest BCUT2D eigenvalue weighted by Gasteiger charge is -2.08. The first-order valence-electron chi connectivity index (χ1n) is 7.86. The number of hydrogen-bond donors (Lipinski definition) is 2. The molecule has 0 radical (unpaired) electrons. The second-order valence-electron chi connectivity index (χ2n) is 5.40. The van der Waals surface area contributed by atoms with Crippen LogP contribution in [0.2, 0.25) is 0 Å². The summed E-state index contributed by atoms with van der Waals surface area (Å²) in [7, 11) is 0. The molecule has 0 bridgehead atoms. The van der Waals surface area contributed by atoms with Crippen molar-refractivity contribution in [3.8, 4) is 16.9 Å². The number of nitrogens with zero attached hydrogens (tertiary/aromatic N) is 1. The van der Waals surface area contributed by atoms with Crippen LogP contribution in [-0.2, 0) is 0 Å². The van der Waals surface area contributed by atoms with Crippen LogP contribution >= 0.6 is 11.3 Å². The lowest BCUT2D eigenvalue weighted by atomic mass is 10.1. The topological polar surface area (TPSA) is 71.5 Å². The van der Waals surface area contributed by atoms with Crippen molar-refractivity contribution in [2.45, 2.75) is 6.92 Å². The van der Waals surface area contributed by atoms with Gasteiger partial charge in [0.1, 0.15) is 17.2 Å². The number of ether oxygens (including phenoxy) is 1. The maximum absolute atomic E-state index is 11.0. The molecule has 2 N–H and O–H groups in total. The van der Waals surface area contributed by atoms with Gasteiger partial charge >= 0.3 is 5.97 Å². The van der Waals surface area contributed by atoms with E-state index in [4.69, 9.17) is 9.84 Å². The highest BCUT2D eigenvalue weighted by atomic mass is 32.1. The number of aromatic nitrogens is 1. The Morgan fingerprint density at radius 2 is 1.80 bits per heavy atom. The third kappa shape index (κ3) is 4.36. The Bertz CT molecular complexity index is 845. The van der Waals surface area contributed by atoms with Crippen LogP contribution in [0.3, 0.4) is 0 Å². The second-order valence-corrected chi connectivity index (χ2v) is 6.40. The number of carboxylic acids is 1. The number of rotatable bonds is 7. The highest BCUT2D eigenvalue weighted by Gasteiger charge is 2.13. The zero-order valence-electron chi connectivity index (χ0n) is 13.7. The maximum atomic E-state index is 11.0. The summed E-state index contributed by atoms with van der Waals surface area (Å²) in [6, 6.07) is 18.1. The Morgan fingerprint density at radius 1 is 1.12 bits per heavy atom. The summed E-state index contributed by atoms with van der Waals surface area (Å²) in [5.41, 5.74) is 2.84. The first kappa shape index (κ1) is 17.0. The van der Waals surface area contributed by atoms with Gasteiger partial charge in [0.15, 0.2) is 5.13 Å². The minimum Gasteiger partial charge on any atom is -0.492 e. The number of carboxylic acid groups (broad SMARTS) is 1. The summed E-state index contributed by atoms with van der Waals surface area (Å²) in [5.74, 6) is -0.152. The molecule has 6 heteroatoms. The molecule has 0 unspecified atom stereocenters. The van der Waals surface area contributed by atoms with Crippen molar-refractivity contribution in [3.05, 3.63) is 65.2 Å². The van der Waals surface area contributed by atoms with Crippen LogP contribution in [0.1, 0.15) is 15.4 Å². The van der Waals surface area contributed by atoms with E-state index in [0.29, 0.717) is 24.0 Å². The Balaban J connectivity index is 1.49. The molecule has 3 rings (SSSR count). The fourth-order valence-corrected chi connectivity index (χ4v) is 3.20. The van der Waals surface area contributed by atoms with Gasteiger partial charge in [0.25, 0.3) is 0 Å². The number of aryl methyl sites for hydroxylation is 1. The SMILES string of the molecule is Cc1nc(NCCOc2ccc(-c3ccccc3)cc2)sc1C(=O)O. The van der Waals surface area contributed by atoms with Gasteiger partial charge in [-0.2, -0.15) is 0 Å². The van der Waals surface area contributed by atoms with Gasteiger partial charge in [-0.3, -0.25) is 0 Å². The molecule has 1 heterocycles. The van der Waals surface area contributed by atoms with Crippen molar-refractivity contribution in [1.29, 1.82) is 0 Å². The monoisotopic (exact) mass is 354 g/mol. The van der Waals surface area contributed by atoms with Gasteiger partial charge in [0.2, 0.25) is 0 Å². The second kappa shape index (κ2) is 7.81. The van der Waals surface area contributed by atoms with E-state index in [0.717, 1.165) is 22.6 Å². The van der Waals surface area contributed by atoms with Crippen molar-refractivity contribution in [3.63, 3.8) is 0 Å². The molecule has 0 spiro atoms. The van der Waals surface area contributed by atoms with Crippen LogP contribution in [0.25, 0.3) is 11.1 Å². The van der Waals surface area contributed by atoms with Crippen LogP contribution in [0.4, 0.5) is 5.13 Å². The van der Waals surface area contributed by atoms with Crippen molar-refractivity contribution in [2.75, 3.05) is 18.5 Å². The van der Waals surface area contributed by atoms with Crippen molar-refractivity contribution < 1.29 is 14.6 Å². The molecule has 128 valence electrons. The molecule has 5 nitrogen and oxygen atoms in total. The number of anilines is 1. The Hall–Kier alpha value is -2.86. The Kier molecular flexibility index (Phi) is 5.30. The summed E-state index contributed by atoms with van der Waals surface area (Å²) in [5, 5.41) is 12.7. The molecule has 0 saturated carbocycles. The van der Waals surface area contributed by atoms with Gasteiger partial charge < -0.3 is 15.2 Å². The van der Waals surface area contributed by atoms with Crippen molar-refractivity contribution in [2.24, 2.45) is 0 Å². The summed E-state index contributed by atoms with van der Waals surface area (Å²) in [4.78, 5) is 15.5. The van der Waals surface area contributed by atoms with Gasteiger partial charge in [-0.15, -0.1) is 0 Å². The van der Waals surface area contributed by atoms with Gasteiger partial charge in [-0.25, -0.2) is 9.78 Å². The highest BCUT2D eigenvalue weighted by molar-refractivity contribution is 7.17. The van der Waals surface area contributed by atoms with E-state index in [-0.39, 0.29) is 4.88 Å². The smallest absolute Gasteiger partial charge is 0.347 e. The normalized spacial score (nSPS) is 10.4. The zero-order valence-corrected chi connectivity index (χ0v) is 14.5. The predicted octanol–water partition coefficient (Wildman–Crippen LogP) is 4.31. The number of aromatic carboxylic acids is 1. The molecule has 3 aromatic rings. The molecule has 0 saturated heterocycles. The molecular weight excluding hydrogens is 336 g/mol. The van der Waals surface area contributed by atoms with E-state index < -0.39 is 5.97 Å². The number of thiazole rings is 1. The van der Waals surface area contributed by atoms with Gasteiger partial charge in [-0.05, 0) is 30.2 Å². The van der Waals surface area contributed by atoms with Gasteiger partial charge in [0.05, 0.1) is 12.2 Å². The van der Waals surface area contributed by atoms with Crippen molar-refractivity contribution >= 4 is 22.4 Å². The van der Waals surface area contributed by atoms with Crippen LogP contribution in [0.15, 0.2) is 54.6 Å². The van der Waals surface area contributed by atoms with Gasteiger partial charge in [-0.1, -0.05) is 53.8 Å². The summed E-state index contributed by atoms with van der Waals surface area (Å²) >= 11 is 1.14. The predicted molar refractivity (Wildman–Crippen MR) is 99.7 cm³/mol. The first-order chi connectivity index (χ1) is 12.1. The highest BCUT2D eigenvalue weighted by Crippen LogP contribution is 2.23. The molecule has 0 aliphatic rings. The summed E-state index contributed by atoms with van der Waals surface area (Å²) in [6.45, 7) is 2.70. The van der Waals surface area contributed by atoms with Gasteiger partial charge in [0, 0.05) is 0 Å². The quantitative estimate of drug-likeness (QED) is 0.619. The van der Waals surface area contributed by atoms with Crippen LogP contribution in [-0.4, -0.2) is 29.2 Å². The van der Waals surface area contributed by atoms with Crippen LogP contribution < -0.4 is 10.1 Å². The standard InChI is InChI=1S/C19H18N2O3S/c1-13-17(18(22)23)25-19(21-13)20-11-12-24-16-9-7-15(8-10-16)14-5-3-2-4-6-14/h2-10H,11-12H2,1H3,(H,20,21)(H,22,23). The maximum Gasteiger partial charge on any atom is 0.347 e.